The lowest BCUT2D eigenvalue weighted by Crippen LogP contribution is -2.27. The van der Waals surface area contributed by atoms with Gasteiger partial charge in [-0.1, -0.05) is 26.8 Å². The molecule has 0 bridgehead atoms. The molecule has 3 nitrogen and oxygen atoms in total. The molecule has 2 atom stereocenters. The van der Waals surface area contributed by atoms with Crippen molar-refractivity contribution in [3.8, 4) is 0 Å². The smallest absolute Gasteiger partial charge is 0.216 e. The maximum atomic E-state index is 5.77. The average Bonchev–Trinajstić information content (AvgIpc) is 2.47. The third-order valence-corrected chi connectivity index (χ3v) is 2.14. The quantitative estimate of drug-likeness (QED) is 0.636. The second-order valence-corrected chi connectivity index (χ2v) is 4.54. The number of aliphatic imine (C=N–C) groups is 1. The van der Waals surface area contributed by atoms with Crippen molar-refractivity contribution in [3.05, 3.63) is 12.7 Å². The molecule has 14 heavy (non-hydrogen) atoms. The summed E-state index contributed by atoms with van der Waals surface area (Å²) in [6.45, 7) is 10.00. The summed E-state index contributed by atoms with van der Waals surface area (Å²) in [5.74, 6) is 0.685. The Bertz CT molecular complexity index is 240. The molecule has 0 unspecified atom stereocenters. The predicted molar refractivity (Wildman–Crippen MR) is 57.4 cm³/mol. The lowest BCUT2D eigenvalue weighted by molar-refractivity contribution is -0.0165. The van der Waals surface area contributed by atoms with E-state index in [1.54, 1.807) is 7.11 Å². The van der Waals surface area contributed by atoms with Crippen molar-refractivity contribution >= 4 is 5.90 Å². The zero-order valence-electron chi connectivity index (χ0n) is 9.41. The van der Waals surface area contributed by atoms with Crippen molar-refractivity contribution < 1.29 is 9.47 Å². The number of hydrogen-bond donors (Lipinski definition) is 0. The average molecular weight is 197 g/mol. The number of ether oxygens (including phenoxy) is 2. The number of rotatable bonds is 2. The van der Waals surface area contributed by atoms with E-state index in [4.69, 9.17) is 9.47 Å². The molecule has 0 aromatic carbocycles. The molecule has 3 heteroatoms. The van der Waals surface area contributed by atoms with Crippen molar-refractivity contribution in [2.24, 2.45) is 10.4 Å². The molecule has 80 valence electrons. The minimum absolute atomic E-state index is 0.0136. The van der Waals surface area contributed by atoms with Gasteiger partial charge in [0.2, 0.25) is 5.90 Å². The van der Waals surface area contributed by atoms with E-state index < -0.39 is 0 Å². The van der Waals surface area contributed by atoms with E-state index in [0.29, 0.717) is 5.90 Å². The van der Waals surface area contributed by atoms with E-state index in [9.17, 15) is 0 Å². The summed E-state index contributed by atoms with van der Waals surface area (Å²) in [6.07, 6.45) is 2.41. The predicted octanol–water partition coefficient (Wildman–Crippen LogP) is 2.38. The highest BCUT2D eigenvalue weighted by molar-refractivity contribution is 5.82. The maximum Gasteiger partial charge on any atom is 0.216 e. The van der Waals surface area contributed by atoms with E-state index in [1.165, 1.54) is 0 Å². The summed E-state index contributed by atoms with van der Waals surface area (Å²) in [5, 5.41) is 0. The Morgan fingerprint density at radius 1 is 1.57 bits per heavy atom. The second-order valence-electron chi connectivity index (χ2n) is 4.54. The lowest BCUT2D eigenvalue weighted by atomic mass is 9.95. The van der Waals surface area contributed by atoms with E-state index in [0.717, 1.165) is 6.42 Å². The van der Waals surface area contributed by atoms with Crippen LogP contribution in [-0.2, 0) is 9.47 Å². The van der Waals surface area contributed by atoms with Crippen LogP contribution in [-0.4, -0.2) is 25.3 Å². The van der Waals surface area contributed by atoms with Crippen molar-refractivity contribution in [1.82, 2.24) is 0 Å². The fraction of sp³-hybridized carbons (Fsp3) is 0.727. The molecule has 0 spiro atoms. The van der Waals surface area contributed by atoms with Gasteiger partial charge < -0.3 is 9.47 Å². The third kappa shape index (κ3) is 2.35. The number of nitrogens with zero attached hydrogens (tertiary/aromatic N) is 1. The molecule has 0 N–H and O–H groups in total. The monoisotopic (exact) mass is 197 g/mol. The van der Waals surface area contributed by atoms with Crippen LogP contribution in [0.2, 0.25) is 0 Å². The van der Waals surface area contributed by atoms with E-state index in [2.05, 4.69) is 32.3 Å². The second kappa shape index (κ2) is 4.13. The van der Waals surface area contributed by atoms with Gasteiger partial charge in [0.1, 0.15) is 6.10 Å². The zero-order valence-corrected chi connectivity index (χ0v) is 9.41. The third-order valence-electron chi connectivity index (χ3n) is 2.14. The molecule has 0 aromatic rings. The van der Waals surface area contributed by atoms with Crippen LogP contribution in [0, 0.1) is 5.41 Å². The van der Waals surface area contributed by atoms with Crippen LogP contribution < -0.4 is 0 Å². The Balaban J connectivity index is 2.72. The Morgan fingerprint density at radius 2 is 2.21 bits per heavy atom. The molecular weight excluding hydrogens is 178 g/mol. The first-order chi connectivity index (χ1) is 6.49. The first kappa shape index (κ1) is 11.2. The molecule has 0 aliphatic carbocycles. The number of hydrogen-bond acceptors (Lipinski definition) is 3. The first-order valence-corrected chi connectivity index (χ1v) is 4.87. The molecule has 1 aliphatic rings. The summed E-state index contributed by atoms with van der Waals surface area (Å²) >= 11 is 0. The summed E-state index contributed by atoms with van der Waals surface area (Å²) in [7, 11) is 1.63. The van der Waals surface area contributed by atoms with Crippen molar-refractivity contribution in [1.29, 1.82) is 0 Å². The summed E-state index contributed by atoms with van der Waals surface area (Å²) < 4.78 is 10.9. The van der Waals surface area contributed by atoms with Crippen LogP contribution in [0.25, 0.3) is 0 Å². The van der Waals surface area contributed by atoms with Crippen molar-refractivity contribution in [3.63, 3.8) is 0 Å². The van der Waals surface area contributed by atoms with E-state index >= 15 is 0 Å². The molecule has 0 radical (unpaired) electrons. The van der Waals surface area contributed by atoms with Crippen LogP contribution in [0.4, 0.5) is 0 Å². The van der Waals surface area contributed by atoms with Gasteiger partial charge in [-0.3, -0.25) is 0 Å². The largest absolute Gasteiger partial charge is 0.482 e. The van der Waals surface area contributed by atoms with Gasteiger partial charge >= 0.3 is 0 Å². The zero-order chi connectivity index (χ0) is 10.8. The summed E-state index contributed by atoms with van der Waals surface area (Å²) in [6, 6.07) is 0. The molecule has 1 heterocycles. The molecular formula is C11H19NO2. The highest BCUT2D eigenvalue weighted by Gasteiger charge is 2.36. The van der Waals surface area contributed by atoms with Crippen LogP contribution in [0.3, 0.4) is 0 Å². The van der Waals surface area contributed by atoms with Crippen LogP contribution >= 0.6 is 0 Å². The molecule has 1 aliphatic heterocycles. The van der Waals surface area contributed by atoms with Gasteiger partial charge in [-0.2, -0.15) is 0 Å². The Hall–Kier alpha value is -0.830. The van der Waals surface area contributed by atoms with Crippen molar-refractivity contribution in [2.75, 3.05) is 7.11 Å². The highest BCUT2D eigenvalue weighted by atomic mass is 16.6. The van der Waals surface area contributed by atoms with Gasteiger partial charge in [-0.25, -0.2) is 4.99 Å². The minimum Gasteiger partial charge on any atom is -0.482 e. The standard InChI is InChI=1S/C11H19NO2/c1-6-7-8-9(13-5)12-10(14-8)11(2,3)4/h6,8,10H,1,7H2,2-5H3/t8-,10-/m0/s1. The topological polar surface area (TPSA) is 30.8 Å². The van der Waals surface area contributed by atoms with Gasteiger partial charge in [0.15, 0.2) is 6.23 Å². The normalized spacial score (nSPS) is 27.3. The van der Waals surface area contributed by atoms with Gasteiger partial charge in [-0.05, 0) is 0 Å². The van der Waals surface area contributed by atoms with Crippen LogP contribution in [0.5, 0.6) is 0 Å². The highest BCUT2D eigenvalue weighted by Crippen LogP contribution is 2.30. The van der Waals surface area contributed by atoms with E-state index in [-0.39, 0.29) is 17.7 Å². The Labute approximate surface area is 85.8 Å². The summed E-state index contributed by atoms with van der Waals surface area (Å²) in [4.78, 5) is 4.40. The van der Waals surface area contributed by atoms with Gasteiger partial charge in [0, 0.05) is 11.8 Å². The molecule has 0 amide bonds. The number of methoxy groups -OCH3 is 1. The van der Waals surface area contributed by atoms with E-state index in [1.807, 2.05) is 6.08 Å². The molecule has 0 fully saturated rings. The first-order valence-electron chi connectivity index (χ1n) is 4.87. The molecule has 0 saturated carbocycles. The SMILES string of the molecule is C=CC[C@@H]1O[C@@H](C(C)(C)C)N=C1OC. The van der Waals surface area contributed by atoms with Gasteiger partial charge in [0.25, 0.3) is 0 Å². The van der Waals surface area contributed by atoms with Crippen LogP contribution in [0.1, 0.15) is 27.2 Å². The lowest BCUT2D eigenvalue weighted by Gasteiger charge is -2.24. The Kier molecular flexibility index (Phi) is 3.32. The van der Waals surface area contributed by atoms with Gasteiger partial charge in [-0.15, -0.1) is 6.58 Å². The fourth-order valence-corrected chi connectivity index (χ4v) is 1.33. The molecule has 1 rings (SSSR count). The summed E-state index contributed by atoms with van der Waals surface area (Å²) in [5.41, 5.74) is 0.0136. The fourth-order valence-electron chi connectivity index (χ4n) is 1.33. The van der Waals surface area contributed by atoms with Gasteiger partial charge in [0.05, 0.1) is 7.11 Å². The Morgan fingerprint density at radius 3 is 2.64 bits per heavy atom. The minimum atomic E-state index is -0.109. The van der Waals surface area contributed by atoms with Crippen LogP contribution in [0.15, 0.2) is 17.6 Å². The maximum absolute atomic E-state index is 5.77. The molecule has 0 aromatic heterocycles. The molecule has 0 saturated heterocycles. The van der Waals surface area contributed by atoms with Crippen molar-refractivity contribution in [2.45, 2.75) is 39.5 Å².